The standard InChI is InChI=1S/C28H44N2O7/c1-20(6-9-23-16-28(12-13-28)19-27(3,4)37-23)7-11-25-34-17-22(18-35-25)30-24(31)10-8-21(2)36-26(32)29-14-15-33-5/h6-10,21-23,25H,11-19H2,1-5H3,(H,29,32)(H,30,31)/b9-6+,10-8-,20-7+/t21-,22?,23+,25?/m0/s1. The number of nitrogens with one attached hydrogen (secondary N) is 2. The summed E-state index contributed by atoms with van der Waals surface area (Å²) in [5.41, 5.74) is 1.60. The summed E-state index contributed by atoms with van der Waals surface area (Å²) in [4.78, 5) is 23.8. The maximum absolute atomic E-state index is 12.2. The number of carbonyl (C=O) groups is 2. The second kappa shape index (κ2) is 13.6. The number of alkyl carbamates (subject to hydrolysis) is 1. The van der Waals surface area contributed by atoms with Crippen molar-refractivity contribution >= 4 is 12.0 Å². The Hall–Kier alpha value is -2.20. The molecule has 0 aromatic carbocycles. The van der Waals surface area contributed by atoms with Gasteiger partial charge in [-0.15, -0.1) is 0 Å². The van der Waals surface area contributed by atoms with Crippen molar-refractivity contribution in [2.75, 3.05) is 33.5 Å². The monoisotopic (exact) mass is 520 g/mol. The molecule has 3 fully saturated rings. The number of rotatable bonds is 11. The molecule has 2 amide bonds. The van der Waals surface area contributed by atoms with Crippen LogP contribution in [0.1, 0.15) is 59.8 Å². The average Bonchev–Trinajstić information content (AvgIpc) is 3.57. The van der Waals surface area contributed by atoms with E-state index >= 15 is 0 Å². The summed E-state index contributed by atoms with van der Waals surface area (Å²) in [5.74, 6) is -0.298. The van der Waals surface area contributed by atoms with Crippen LogP contribution < -0.4 is 10.6 Å². The highest BCUT2D eigenvalue weighted by atomic mass is 16.7. The molecule has 3 aliphatic rings. The van der Waals surface area contributed by atoms with Gasteiger partial charge in [0.15, 0.2) is 6.29 Å². The SMILES string of the molecule is COCCNC(=O)O[C@@H](C)/C=C\C(=O)NC1COC(C/C=C(C)/C=C/[C@@H]2CC3(CC3)CC(C)(C)O2)OC1. The minimum atomic E-state index is -0.563. The zero-order valence-electron chi connectivity index (χ0n) is 22.9. The lowest BCUT2D eigenvalue weighted by atomic mass is 9.82. The van der Waals surface area contributed by atoms with Gasteiger partial charge in [0.2, 0.25) is 5.91 Å². The van der Waals surface area contributed by atoms with Crippen molar-refractivity contribution in [3.63, 3.8) is 0 Å². The third-order valence-corrected chi connectivity index (χ3v) is 6.77. The first-order valence-electron chi connectivity index (χ1n) is 13.3. The zero-order valence-corrected chi connectivity index (χ0v) is 22.9. The molecule has 2 saturated heterocycles. The van der Waals surface area contributed by atoms with Gasteiger partial charge < -0.3 is 34.3 Å². The number of hydrogen-bond donors (Lipinski definition) is 2. The molecule has 0 bridgehead atoms. The van der Waals surface area contributed by atoms with Crippen LogP contribution in [0.25, 0.3) is 0 Å². The van der Waals surface area contributed by atoms with E-state index in [9.17, 15) is 9.59 Å². The summed E-state index contributed by atoms with van der Waals surface area (Å²) in [6.45, 7) is 9.63. The molecule has 2 aliphatic heterocycles. The molecule has 2 heterocycles. The van der Waals surface area contributed by atoms with Crippen LogP contribution in [0.4, 0.5) is 4.79 Å². The molecule has 37 heavy (non-hydrogen) atoms. The molecule has 0 aromatic heterocycles. The molecule has 0 unspecified atom stereocenters. The largest absolute Gasteiger partial charge is 0.442 e. The highest BCUT2D eigenvalue weighted by Gasteiger charge is 2.51. The molecule has 1 spiro atoms. The molecule has 2 N–H and O–H groups in total. The maximum atomic E-state index is 12.2. The molecule has 2 atom stereocenters. The lowest BCUT2D eigenvalue weighted by Gasteiger charge is -2.40. The zero-order chi connectivity index (χ0) is 26.9. The molecule has 3 rings (SSSR count). The van der Waals surface area contributed by atoms with Crippen molar-refractivity contribution in [3.05, 3.63) is 36.0 Å². The first kappa shape index (κ1) is 29.4. The van der Waals surface area contributed by atoms with Crippen molar-refractivity contribution in [2.24, 2.45) is 5.41 Å². The smallest absolute Gasteiger partial charge is 0.407 e. The van der Waals surface area contributed by atoms with Gasteiger partial charge in [0, 0.05) is 26.2 Å². The van der Waals surface area contributed by atoms with Crippen LogP contribution in [-0.4, -0.2) is 75.6 Å². The molecule has 1 saturated carbocycles. The maximum Gasteiger partial charge on any atom is 0.407 e. The van der Waals surface area contributed by atoms with Gasteiger partial charge in [-0.05, 0) is 64.9 Å². The molecular weight excluding hydrogens is 476 g/mol. The molecule has 1 aliphatic carbocycles. The van der Waals surface area contributed by atoms with Gasteiger partial charge in [0.25, 0.3) is 0 Å². The van der Waals surface area contributed by atoms with Crippen LogP contribution in [0.15, 0.2) is 36.0 Å². The van der Waals surface area contributed by atoms with E-state index < -0.39 is 12.2 Å². The second-order valence-corrected chi connectivity index (χ2v) is 11.0. The molecule has 208 valence electrons. The normalized spacial score (nSPS) is 27.8. The summed E-state index contributed by atoms with van der Waals surface area (Å²) in [5, 5.41) is 5.39. The Morgan fingerprint density at radius 1 is 1.16 bits per heavy atom. The minimum Gasteiger partial charge on any atom is -0.442 e. The summed E-state index contributed by atoms with van der Waals surface area (Å²) < 4.78 is 27.8. The third kappa shape index (κ3) is 10.6. The fraction of sp³-hybridized carbons (Fsp3) is 0.714. The Morgan fingerprint density at radius 3 is 2.57 bits per heavy atom. The number of carbonyl (C=O) groups excluding carboxylic acids is 2. The van der Waals surface area contributed by atoms with E-state index in [2.05, 4.69) is 49.6 Å². The van der Waals surface area contributed by atoms with Crippen LogP contribution in [0.2, 0.25) is 0 Å². The topological polar surface area (TPSA) is 104 Å². The minimum absolute atomic E-state index is 0.0560. The van der Waals surface area contributed by atoms with Gasteiger partial charge in [-0.1, -0.05) is 23.8 Å². The quantitative estimate of drug-likeness (QED) is 0.243. The summed E-state index contributed by atoms with van der Waals surface area (Å²) in [6, 6.07) is -0.242. The molecule has 9 heteroatoms. The second-order valence-electron chi connectivity index (χ2n) is 11.0. The van der Waals surface area contributed by atoms with Crippen molar-refractivity contribution in [1.29, 1.82) is 0 Å². The van der Waals surface area contributed by atoms with Crippen LogP contribution in [0.5, 0.6) is 0 Å². The van der Waals surface area contributed by atoms with E-state index in [0.717, 1.165) is 18.4 Å². The molecule has 0 radical (unpaired) electrons. The van der Waals surface area contributed by atoms with Crippen LogP contribution in [-0.2, 0) is 28.5 Å². The Bertz CT molecular complexity index is 849. The van der Waals surface area contributed by atoms with Gasteiger partial charge in [0.05, 0.1) is 37.6 Å². The summed E-state index contributed by atoms with van der Waals surface area (Å²) in [7, 11) is 1.55. The predicted molar refractivity (Wildman–Crippen MR) is 140 cm³/mol. The fourth-order valence-electron chi connectivity index (χ4n) is 4.91. The number of ether oxygens (including phenoxy) is 5. The lowest BCUT2D eigenvalue weighted by Crippen LogP contribution is -2.46. The summed E-state index contributed by atoms with van der Waals surface area (Å²) in [6.07, 6.45) is 13.6. The van der Waals surface area contributed by atoms with Gasteiger partial charge in [-0.2, -0.15) is 0 Å². The molecule has 9 nitrogen and oxygen atoms in total. The summed E-state index contributed by atoms with van der Waals surface area (Å²) >= 11 is 0. The van der Waals surface area contributed by atoms with Crippen LogP contribution in [0, 0.1) is 5.41 Å². The Balaban J connectivity index is 1.32. The highest BCUT2D eigenvalue weighted by Crippen LogP contribution is 2.58. The third-order valence-electron chi connectivity index (χ3n) is 6.77. The van der Waals surface area contributed by atoms with E-state index in [4.69, 9.17) is 23.7 Å². The number of hydrogen-bond acceptors (Lipinski definition) is 7. The van der Waals surface area contributed by atoms with Crippen molar-refractivity contribution in [3.8, 4) is 0 Å². The van der Waals surface area contributed by atoms with E-state index in [-0.39, 0.29) is 29.9 Å². The van der Waals surface area contributed by atoms with Crippen molar-refractivity contribution in [2.45, 2.75) is 89.9 Å². The van der Waals surface area contributed by atoms with Crippen molar-refractivity contribution < 1.29 is 33.3 Å². The average molecular weight is 521 g/mol. The van der Waals surface area contributed by atoms with Gasteiger partial charge >= 0.3 is 6.09 Å². The lowest BCUT2D eigenvalue weighted by molar-refractivity contribution is -0.187. The molecular formula is C28H44N2O7. The van der Waals surface area contributed by atoms with E-state index in [1.807, 2.05) is 0 Å². The molecule has 0 aromatic rings. The van der Waals surface area contributed by atoms with Crippen molar-refractivity contribution in [1.82, 2.24) is 10.6 Å². The van der Waals surface area contributed by atoms with E-state index in [0.29, 0.717) is 38.2 Å². The fourth-order valence-corrected chi connectivity index (χ4v) is 4.91. The first-order chi connectivity index (χ1) is 17.6. The van der Waals surface area contributed by atoms with Crippen LogP contribution in [0.3, 0.4) is 0 Å². The Labute approximate surface area is 220 Å². The number of methoxy groups -OCH3 is 1. The van der Waals surface area contributed by atoms with Gasteiger partial charge in [-0.25, -0.2) is 4.79 Å². The van der Waals surface area contributed by atoms with Crippen LogP contribution >= 0.6 is 0 Å². The highest BCUT2D eigenvalue weighted by molar-refractivity contribution is 5.87. The Kier molecular flexibility index (Phi) is 10.8. The number of allylic oxidation sites excluding steroid dienone is 2. The van der Waals surface area contributed by atoms with Gasteiger partial charge in [0.1, 0.15) is 6.10 Å². The predicted octanol–water partition coefficient (Wildman–Crippen LogP) is 3.79. The van der Waals surface area contributed by atoms with Gasteiger partial charge in [-0.3, -0.25) is 4.79 Å². The first-order valence-corrected chi connectivity index (χ1v) is 13.3. The van der Waals surface area contributed by atoms with E-state index in [1.165, 1.54) is 25.0 Å². The Morgan fingerprint density at radius 2 is 1.89 bits per heavy atom. The number of amides is 2. The van der Waals surface area contributed by atoms with E-state index in [1.54, 1.807) is 14.0 Å².